The summed E-state index contributed by atoms with van der Waals surface area (Å²) >= 11 is -2.53. The van der Waals surface area contributed by atoms with Gasteiger partial charge in [-0.3, -0.25) is 0 Å². The van der Waals surface area contributed by atoms with E-state index < -0.39 is 21.3 Å². The molecule has 3 heteroatoms. The molecule has 0 unspecified atom stereocenters. The first kappa shape index (κ1) is 26.7. The molecule has 6 rings (SSSR count). The van der Waals surface area contributed by atoms with Crippen LogP contribution in [-0.2, 0) is 21.3 Å². The zero-order chi connectivity index (χ0) is 22.9. The van der Waals surface area contributed by atoms with Gasteiger partial charge >= 0.3 is 211 Å². The summed E-state index contributed by atoms with van der Waals surface area (Å²) in [6, 6.07) is 40.8. The second-order valence-corrected chi connectivity index (χ2v) is 15.4. The number of halogens is 2. The molecule has 0 radical (unpaired) electrons. The second kappa shape index (κ2) is 11.8. The van der Waals surface area contributed by atoms with Gasteiger partial charge in [-0.05, 0) is 0 Å². The smallest absolute Gasteiger partial charge is 0.147 e. The van der Waals surface area contributed by atoms with Gasteiger partial charge in [0.15, 0.2) is 0 Å². The molecule has 0 bridgehead atoms. The Morgan fingerprint density at radius 2 is 1.14 bits per heavy atom. The maximum absolute atomic E-state index is 2.57. The maximum Gasteiger partial charge on any atom is -0.147 e. The first-order chi connectivity index (χ1) is 16.8. The van der Waals surface area contributed by atoms with E-state index in [0.29, 0.717) is 3.63 Å². The maximum atomic E-state index is 2.57. The van der Waals surface area contributed by atoms with E-state index in [9.17, 15) is 0 Å². The summed E-state index contributed by atoms with van der Waals surface area (Å²) in [5.41, 5.74) is 10.2. The first-order valence-electron chi connectivity index (χ1n) is 12.3. The van der Waals surface area contributed by atoms with Crippen molar-refractivity contribution in [2.45, 2.75) is 23.4 Å². The van der Waals surface area contributed by atoms with E-state index in [1.165, 1.54) is 39.0 Å². The fraction of sp³-hybridized carbons (Fsp3) is 0.121. The van der Waals surface area contributed by atoms with Gasteiger partial charge in [0.25, 0.3) is 0 Å². The van der Waals surface area contributed by atoms with Crippen LogP contribution in [-0.4, -0.2) is 3.21 Å². The summed E-state index contributed by atoms with van der Waals surface area (Å²) < 4.78 is 3.83. The van der Waals surface area contributed by atoms with Crippen molar-refractivity contribution in [2.75, 3.05) is 0 Å². The van der Waals surface area contributed by atoms with E-state index >= 15 is 0 Å². The van der Waals surface area contributed by atoms with Crippen LogP contribution in [0.1, 0.15) is 45.6 Å². The molecule has 2 aliphatic rings. The van der Waals surface area contributed by atoms with Crippen molar-refractivity contribution in [2.24, 2.45) is 0 Å². The van der Waals surface area contributed by atoms with Crippen molar-refractivity contribution in [3.63, 3.8) is 0 Å². The third-order valence-electron chi connectivity index (χ3n) is 7.21. The molecule has 0 saturated carbocycles. The van der Waals surface area contributed by atoms with Crippen LogP contribution in [0.4, 0.5) is 0 Å². The predicted molar refractivity (Wildman–Crippen MR) is 155 cm³/mol. The van der Waals surface area contributed by atoms with Crippen LogP contribution < -0.4 is 0 Å². The molecule has 2 aliphatic carbocycles. The molecule has 180 valence electrons. The summed E-state index contributed by atoms with van der Waals surface area (Å²) in [5, 5.41) is 0. The third-order valence-corrected chi connectivity index (χ3v) is 15.5. The van der Waals surface area contributed by atoms with Crippen molar-refractivity contribution in [1.82, 2.24) is 0 Å². The molecule has 0 saturated heterocycles. The van der Waals surface area contributed by atoms with Crippen LogP contribution in [0.3, 0.4) is 0 Å². The zero-order valence-corrected chi connectivity index (χ0v) is 24.4. The van der Waals surface area contributed by atoms with Crippen LogP contribution in [0.25, 0.3) is 11.1 Å². The SMILES string of the molecule is CCC1=CC[C]([Zr](=[C](c2ccccc2)c2ccccc2)[CH]2c3ccccc3-c3ccccc32)=C1.Cl.Cl. The standard InChI is InChI=1S/C13H9.C13H10.C7H9.2ClH.Zr/c1-3-7-12-10(5-1)9-11-6-2-4-8-13(11)12;1-3-7-12(8-4-1)11-13-9-5-2-6-10-13;1-2-7-5-3-4-6-7;;;/h1-9H;1-10H;5-6H,2-3H2,1H3;2*1H;. The molecule has 4 aromatic rings. The van der Waals surface area contributed by atoms with Gasteiger partial charge in [-0.1, -0.05) is 0 Å². The number of allylic oxidation sites excluding steroid dienone is 4. The van der Waals surface area contributed by atoms with Crippen molar-refractivity contribution in [1.29, 1.82) is 0 Å². The largest absolute Gasteiger partial charge is 0.147 e. The van der Waals surface area contributed by atoms with Crippen LogP contribution in [0, 0.1) is 0 Å². The molecule has 0 amide bonds. The Morgan fingerprint density at radius 1 is 0.667 bits per heavy atom. The fourth-order valence-corrected chi connectivity index (χ4v) is 14.8. The fourth-order valence-electron chi connectivity index (χ4n) is 5.66. The molecule has 0 atom stereocenters. The molecule has 0 heterocycles. The van der Waals surface area contributed by atoms with Gasteiger partial charge in [0.1, 0.15) is 0 Å². The van der Waals surface area contributed by atoms with Gasteiger partial charge in [-0.25, -0.2) is 0 Å². The van der Waals surface area contributed by atoms with Gasteiger partial charge in [-0.2, -0.15) is 0 Å². The summed E-state index contributed by atoms with van der Waals surface area (Å²) in [6.07, 6.45) is 7.28. The van der Waals surface area contributed by atoms with E-state index in [2.05, 4.69) is 128 Å². The Balaban J connectivity index is 0.00000152. The van der Waals surface area contributed by atoms with Gasteiger partial charge in [-0.15, -0.1) is 24.8 Å². The minimum Gasteiger partial charge on any atom is -0.147 e. The Bertz CT molecular complexity index is 1360. The number of rotatable bonds is 5. The normalized spacial score (nSPS) is 13.5. The van der Waals surface area contributed by atoms with Crippen molar-refractivity contribution in [3.8, 4) is 11.1 Å². The van der Waals surface area contributed by atoms with Gasteiger partial charge in [0.05, 0.1) is 0 Å². The monoisotopic (exact) mass is 586 g/mol. The van der Waals surface area contributed by atoms with Crippen LogP contribution in [0.5, 0.6) is 0 Å². The second-order valence-electron chi connectivity index (χ2n) is 9.13. The Labute approximate surface area is 234 Å². The van der Waals surface area contributed by atoms with E-state index in [1.54, 1.807) is 6.49 Å². The molecule has 0 aromatic heterocycles. The number of fused-ring (bicyclic) bond motifs is 3. The molecule has 0 spiro atoms. The van der Waals surface area contributed by atoms with E-state index in [4.69, 9.17) is 0 Å². The van der Waals surface area contributed by atoms with E-state index in [1.807, 2.05) is 0 Å². The van der Waals surface area contributed by atoms with Crippen molar-refractivity contribution >= 4 is 28.0 Å². The average Bonchev–Trinajstić information content (AvgIpc) is 3.51. The van der Waals surface area contributed by atoms with Crippen molar-refractivity contribution < 1.29 is 21.3 Å². The Hall–Kier alpha value is -2.31. The van der Waals surface area contributed by atoms with Crippen LogP contribution in [0.2, 0.25) is 0 Å². The summed E-state index contributed by atoms with van der Waals surface area (Å²) in [6.45, 7) is 2.29. The van der Waals surface area contributed by atoms with Crippen LogP contribution >= 0.6 is 24.8 Å². The number of benzene rings is 4. The predicted octanol–water partition coefficient (Wildman–Crippen LogP) is 9.11. The first-order valence-corrected chi connectivity index (χ1v) is 16.2. The molecular formula is C33H30Cl2Zr. The topological polar surface area (TPSA) is 0 Å². The van der Waals surface area contributed by atoms with Crippen molar-refractivity contribution in [3.05, 3.63) is 152 Å². The zero-order valence-electron chi connectivity index (χ0n) is 20.4. The number of hydrogen-bond donors (Lipinski definition) is 0. The van der Waals surface area contributed by atoms with E-state index in [-0.39, 0.29) is 24.8 Å². The molecule has 4 aromatic carbocycles. The third kappa shape index (κ3) is 4.82. The van der Waals surface area contributed by atoms with Gasteiger partial charge < -0.3 is 0 Å². The van der Waals surface area contributed by atoms with Gasteiger partial charge in [0.2, 0.25) is 0 Å². The minimum atomic E-state index is -2.53. The Morgan fingerprint density at radius 3 is 1.61 bits per heavy atom. The summed E-state index contributed by atoms with van der Waals surface area (Å²) in [4.78, 5) is 0. The van der Waals surface area contributed by atoms with Gasteiger partial charge in [0, 0.05) is 0 Å². The molecular weight excluding hydrogens is 558 g/mol. The molecule has 36 heavy (non-hydrogen) atoms. The molecule has 0 N–H and O–H groups in total. The average molecular weight is 589 g/mol. The summed E-state index contributed by atoms with van der Waals surface area (Å²) in [5.74, 6) is 0. The number of hydrogen-bond acceptors (Lipinski definition) is 0. The van der Waals surface area contributed by atoms with Crippen LogP contribution in [0.15, 0.2) is 130 Å². The quantitative estimate of drug-likeness (QED) is 0.218. The Kier molecular flexibility index (Phi) is 8.79. The van der Waals surface area contributed by atoms with E-state index in [0.717, 1.165) is 12.8 Å². The minimum absolute atomic E-state index is 0. The molecule has 0 fully saturated rings. The summed E-state index contributed by atoms with van der Waals surface area (Å²) in [7, 11) is 0. The molecule has 0 aliphatic heterocycles. The molecule has 0 nitrogen and oxygen atoms in total.